The minimum absolute atomic E-state index is 0.000487. The number of carbonyl (C=O) groups is 2. The number of benzene rings is 2. The maximum atomic E-state index is 13.5. The van der Waals surface area contributed by atoms with Crippen LogP contribution in [0.25, 0.3) is 0 Å². The van der Waals surface area contributed by atoms with E-state index in [1.807, 2.05) is 6.07 Å². The van der Waals surface area contributed by atoms with E-state index in [9.17, 15) is 23.6 Å². The van der Waals surface area contributed by atoms with E-state index in [-0.39, 0.29) is 40.9 Å². The molecule has 0 saturated heterocycles. The SMILES string of the molecule is CCOC(=O)C1=C(C)N(c2cccc(C(F)F)c2)C(N)=C(C(=O)NC(C)C)C1c1ccc(C#N)cc1. The Morgan fingerprint density at radius 3 is 2.39 bits per heavy atom. The van der Waals surface area contributed by atoms with E-state index < -0.39 is 24.2 Å². The molecule has 1 amide bonds. The number of rotatable bonds is 7. The molecule has 1 atom stereocenters. The number of hydrogen-bond donors (Lipinski definition) is 2. The van der Waals surface area contributed by atoms with Gasteiger partial charge in [-0.1, -0.05) is 24.3 Å². The van der Waals surface area contributed by atoms with E-state index in [2.05, 4.69) is 5.32 Å². The van der Waals surface area contributed by atoms with Crippen LogP contribution in [-0.4, -0.2) is 24.5 Å². The number of nitrogens with one attached hydrogen (secondary N) is 1. The summed E-state index contributed by atoms with van der Waals surface area (Å²) in [4.78, 5) is 28.2. The highest BCUT2D eigenvalue weighted by atomic mass is 19.3. The Morgan fingerprint density at radius 2 is 1.83 bits per heavy atom. The van der Waals surface area contributed by atoms with Crippen LogP contribution in [0.4, 0.5) is 14.5 Å². The first-order valence-corrected chi connectivity index (χ1v) is 11.5. The van der Waals surface area contributed by atoms with Gasteiger partial charge < -0.3 is 20.7 Å². The number of carbonyl (C=O) groups excluding carboxylic acids is 2. The summed E-state index contributed by atoms with van der Waals surface area (Å²) >= 11 is 0. The van der Waals surface area contributed by atoms with Crippen molar-refractivity contribution in [1.29, 1.82) is 5.26 Å². The molecule has 0 bridgehead atoms. The van der Waals surface area contributed by atoms with E-state index >= 15 is 0 Å². The number of halogens is 2. The number of anilines is 1. The fraction of sp³-hybridized carbons (Fsp3) is 0.296. The highest BCUT2D eigenvalue weighted by Crippen LogP contribution is 2.43. The summed E-state index contributed by atoms with van der Waals surface area (Å²) < 4.78 is 32.3. The zero-order valence-electron chi connectivity index (χ0n) is 20.5. The van der Waals surface area contributed by atoms with Crippen molar-refractivity contribution in [1.82, 2.24) is 5.32 Å². The predicted molar refractivity (Wildman–Crippen MR) is 132 cm³/mol. The molecule has 188 valence electrons. The molecule has 0 spiro atoms. The number of esters is 1. The molecule has 2 aromatic carbocycles. The Labute approximate surface area is 208 Å². The van der Waals surface area contributed by atoms with Crippen LogP contribution in [0, 0.1) is 11.3 Å². The summed E-state index contributed by atoms with van der Waals surface area (Å²) in [5.74, 6) is -2.09. The summed E-state index contributed by atoms with van der Waals surface area (Å²) in [6.45, 7) is 6.94. The van der Waals surface area contributed by atoms with E-state index in [1.54, 1.807) is 58.0 Å². The van der Waals surface area contributed by atoms with Crippen LogP contribution < -0.4 is 16.0 Å². The lowest BCUT2D eigenvalue weighted by molar-refractivity contribution is -0.138. The summed E-state index contributed by atoms with van der Waals surface area (Å²) in [6.07, 6.45) is -2.72. The predicted octanol–water partition coefficient (Wildman–Crippen LogP) is 4.63. The van der Waals surface area contributed by atoms with Crippen LogP contribution in [0.1, 0.15) is 56.7 Å². The van der Waals surface area contributed by atoms with Crippen molar-refractivity contribution in [2.45, 2.75) is 46.1 Å². The van der Waals surface area contributed by atoms with Crippen molar-refractivity contribution < 1.29 is 23.1 Å². The minimum Gasteiger partial charge on any atom is -0.463 e. The largest absolute Gasteiger partial charge is 0.463 e. The fourth-order valence-corrected chi connectivity index (χ4v) is 4.20. The first-order chi connectivity index (χ1) is 17.1. The van der Waals surface area contributed by atoms with Crippen LogP contribution >= 0.6 is 0 Å². The lowest BCUT2D eigenvalue weighted by atomic mass is 9.80. The second kappa shape index (κ2) is 11.0. The second-order valence-corrected chi connectivity index (χ2v) is 8.54. The van der Waals surface area contributed by atoms with Gasteiger partial charge in [-0.15, -0.1) is 0 Å². The number of nitrogens with two attached hydrogens (primary N) is 1. The molecule has 0 aliphatic carbocycles. The van der Waals surface area contributed by atoms with Gasteiger partial charge in [-0.3, -0.25) is 4.79 Å². The summed E-state index contributed by atoms with van der Waals surface area (Å²) in [5, 5.41) is 12.0. The van der Waals surface area contributed by atoms with Crippen molar-refractivity contribution in [3.8, 4) is 6.07 Å². The van der Waals surface area contributed by atoms with Crippen LogP contribution in [0.2, 0.25) is 0 Å². The highest BCUT2D eigenvalue weighted by Gasteiger charge is 2.41. The molecule has 0 fully saturated rings. The number of ether oxygens (including phenoxy) is 1. The molecule has 36 heavy (non-hydrogen) atoms. The molecule has 1 heterocycles. The van der Waals surface area contributed by atoms with Gasteiger partial charge in [-0.25, -0.2) is 13.6 Å². The maximum absolute atomic E-state index is 13.5. The number of amides is 1. The third-order valence-corrected chi connectivity index (χ3v) is 5.73. The Hall–Kier alpha value is -4.19. The molecular formula is C27H28F2N4O3. The first kappa shape index (κ1) is 26.4. The normalized spacial score (nSPS) is 15.9. The standard InChI is InChI=1S/C27H28F2N4O3/c1-5-36-27(35)21-16(4)33(20-8-6-7-19(13-20)24(28)29)25(31)23(26(34)32-15(2)3)22(21)18-11-9-17(14-30)10-12-18/h6-13,15,22,24H,5,31H2,1-4H3,(H,32,34). The zero-order valence-corrected chi connectivity index (χ0v) is 20.5. The van der Waals surface area contributed by atoms with Crippen LogP contribution in [-0.2, 0) is 14.3 Å². The Bertz CT molecular complexity index is 1260. The monoisotopic (exact) mass is 494 g/mol. The van der Waals surface area contributed by atoms with E-state index in [0.717, 1.165) is 0 Å². The fourth-order valence-electron chi connectivity index (χ4n) is 4.20. The molecule has 1 unspecified atom stereocenters. The Kier molecular flexibility index (Phi) is 8.10. The third kappa shape index (κ3) is 5.23. The van der Waals surface area contributed by atoms with Crippen LogP contribution in [0.3, 0.4) is 0 Å². The number of nitrogens with zero attached hydrogens (tertiary/aromatic N) is 2. The van der Waals surface area contributed by atoms with Gasteiger partial charge in [0, 0.05) is 23.0 Å². The summed E-state index contributed by atoms with van der Waals surface area (Å²) in [6, 6.07) is 13.9. The van der Waals surface area contributed by atoms with Gasteiger partial charge in [-0.2, -0.15) is 5.26 Å². The zero-order chi connectivity index (χ0) is 26.6. The average Bonchev–Trinajstić information content (AvgIpc) is 2.83. The molecule has 3 rings (SSSR count). The van der Waals surface area contributed by atoms with E-state index in [4.69, 9.17) is 10.5 Å². The van der Waals surface area contributed by atoms with Crippen molar-refractivity contribution in [2.75, 3.05) is 11.5 Å². The van der Waals surface area contributed by atoms with Crippen LogP contribution in [0.5, 0.6) is 0 Å². The van der Waals surface area contributed by atoms with Crippen molar-refractivity contribution in [3.63, 3.8) is 0 Å². The molecule has 0 saturated carbocycles. The van der Waals surface area contributed by atoms with Gasteiger partial charge in [-0.05, 0) is 57.5 Å². The van der Waals surface area contributed by atoms with Gasteiger partial charge >= 0.3 is 5.97 Å². The van der Waals surface area contributed by atoms with Crippen LogP contribution in [0.15, 0.2) is 71.2 Å². The van der Waals surface area contributed by atoms with E-state index in [1.165, 1.54) is 23.1 Å². The quantitative estimate of drug-likeness (QED) is 0.544. The Morgan fingerprint density at radius 1 is 1.17 bits per heavy atom. The van der Waals surface area contributed by atoms with Crippen molar-refractivity contribution in [2.24, 2.45) is 5.73 Å². The number of allylic oxidation sites excluding steroid dienone is 1. The first-order valence-electron chi connectivity index (χ1n) is 11.5. The lowest BCUT2D eigenvalue weighted by Gasteiger charge is -2.38. The molecule has 3 N–H and O–H groups in total. The number of alkyl halides is 2. The smallest absolute Gasteiger partial charge is 0.336 e. The van der Waals surface area contributed by atoms with Gasteiger partial charge in [0.2, 0.25) is 0 Å². The van der Waals surface area contributed by atoms with Gasteiger partial charge in [0.25, 0.3) is 12.3 Å². The van der Waals surface area contributed by atoms with Crippen molar-refractivity contribution in [3.05, 3.63) is 87.9 Å². The third-order valence-electron chi connectivity index (χ3n) is 5.73. The molecule has 1 aliphatic rings. The second-order valence-electron chi connectivity index (χ2n) is 8.54. The Balaban J connectivity index is 2.33. The van der Waals surface area contributed by atoms with E-state index in [0.29, 0.717) is 16.8 Å². The van der Waals surface area contributed by atoms with Gasteiger partial charge in [0.1, 0.15) is 5.82 Å². The summed E-state index contributed by atoms with van der Waals surface area (Å²) in [7, 11) is 0. The number of hydrogen-bond acceptors (Lipinski definition) is 6. The molecule has 0 aromatic heterocycles. The molecule has 0 radical (unpaired) electrons. The number of nitriles is 1. The average molecular weight is 495 g/mol. The molecule has 9 heteroatoms. The lowest BCUT2D eigenvalue weighted by Crippen LogP contribution is -2.43. The van der Waals surface area contributed by atoms with Gasteiger partial charge in [0.15, 0.2) is 0 Å². The molecule has 1 aliphatic heterocycles. The van der Waals surface area contributed by atoms with Gasteiger partial charge in [0.05, 0.1) is 35.3 Å². The highest BCUT2D eigenvalue weighted by molar-refractivity contribution is 6.03. The maximum Gasteiger partial charge on any atom is 0.336 e. The molecular weight excluding hydrogens is 466 g/mol. The molecule has 7 nitrogen and oxygen atoms in total. The topological polar surface area (TPSA) is 108 Å². The minimum atomic E-state index is -2.72. The van der Waals surface area contributed by atoms with Crippen molar-refractivity contribution >= 4 is 17.6 Å². The summed E-state index contributed by atoms with van der Waals surface area (Å²) in [5.41, 5.74) is 8.15. The molecule has 2 aromatic rings.